The van der Waals surface area contributed by atoms with Gasteiger partial charge < -0.3 is 15.0 Å². The lowest BCUT2D eigenvalue weighted by Crippen LogP contribution is -2.30. The monoisotopic (exact) mass is 363 g/mol. The van der Waals surface area contributed by atoms with Crippen LogP contribution in [0, 0.1) is 18.7 Å². The van der Waals surface area contributed by atoms with Gasteiger partial charge in [-0.15, -0.1) is 11.3 Å². The molecule has 1 aliphatic heterocycles. The number of nitrogens with one attached hydrogen (secondary N) is 1. The average Bonchev–Trinajstić information content (AvgIpc) is 3.21. The lowest BCUT2D eigenvalue weighted by molar-refractivity contribution is 0.0791. The number of ether oxygens (including phenoxy) is 1. The first kappa shape index (κ1) is 17.8. The second-order valence-corrected chi connectivity index (χ2v) is 7.31. The van der Waals surface area contributed by atoms with Crippen LogP contribution in [0.3, 0.4) is 0 Å². The maximum atomic E-state index is 12.9. The van der Waals surface area contributed by atoms with E-state index >= 15 is 0 Å². The maximum Gasteiger partial charge on any atom is 0.265 e. The van der Waals surface area contributed by atoms with E-state index in [9.17, 15) is 9.18 Å². The zero-order valence-corrected chi connectivity index (χ0v) is 15.2. The van der Waals surface area contributed by atoms with Crippen molar-refractivity contribution >= 4 is 17.2 Å². The molecule has 5 nitrogen and oxygen atoms in total. The van der Waals surface area contributed by atoms with Crippen molar-refractivity contribution in [1.29, 1.82) is 0 Å². The quantitative estimate of drug-likeness (QED) is 0.857. The molecule has 2 heterocycles. The van der Waals surface area contributed by atoms with Crippen molar-refractivity contribution in [2.75, 3.05) is 26.7 Å². The van der Waals surface area contributed by atoms with Crippen LogP contribution in [-0.4, -0.2) is 42.5 Å². The van der Waals surface area contributed by atoms with Crippen LogP contribution in [0.15, 0.2) is 24.3 Å². The Balaban J connectivity index is 1.62. The minimum atomic E-state index is -0.299. The SMILES string of the molecule is CNCC1CCN(C(=O)c2sc(COc3ccc(F)cc3)nc2C)C1. The van der Waals surface area contributed by atoms with Crippen LogP contribution in [-0.2, 0) is 6.61 Å². The predicted molar refractivity (Wildman–Crippen MR) is 95.5 cm³/mol. The minimum Gasteiger partial charge on any atom is -0.486 e. The van der Waals surface area contributed by atoms with Crippen molar-refractivity contribution in [1.82, 2.24) is 15.2 Å². The number of benzene rings is 1. The summed E-state index contributed by atoms with van der Waals surface area (Å²) >= 11 is 1.37. The molecule has 1 N–H and O–H groups in total. The highest BCUT2D eigenvalue weighted by Gasteiger charge is 2.28. The molecule has 1 aromatic heterocycles. The fraction of sp³-hybridized carbons (Fsp3) is 0.444. The molecule has 1 aliphatic rings. The van der Waals surface area contributed by atoms with Crippen LogP contribution in [0.25, 0.3) is 0 Å². The lowest BCUT2D eigenvalue weighted by atomic mass is 10.1. The molecule has 2 aromatic rings. The van der Waals surface area contributed by atoms with Gasteiger partial charge in [-0.3, -0.25) is 4.79 Å². The van der Waals surface area contributed by atoms with E-state index in [-0.39, 0.29) is 18.3 Å². The highest BCUT2D eigenvalue weighted by Crippen LogP contribution is 2.25. The number of hydrogen-bond acceptors (Lipinski definition) is 5. The fourth-order valence-electron chi connectivity index (χ4n) is 3.00. The summed E-state index contributed by atoms with van der Waals surface area (Å²) in [6.45, 7) is 4.64. The Labute approximate surface area is 150 Å². The minimum absolute atomic E-state index is 0.0571. The number of likely N-dealkylation sites (tertiary alicyclic amines) is 1. The Hall–Kier alpha value is -1.99. The lowest BCUT2D eigenvalue weighted by Gasteiger charge is -2.15. The molecule has 1 fully saturated rings. The number of thiazole rings is 1. The Bertz CT molecular complexity index is 732. The van der Waals surface area contributed by atoms with Crippen molar-refractivity contribution in [3.8, 4) is 5.75 Å². The third kappa shape index (κ3) is 4.35. The molecule has 1 amide bonds. The first-order valence-electron chi connectivity index (χ1n) is 8.35. The summed E-state index contributed by atoms with van der Waals surface area (Å²) < 4.78 is 18.5. The summed E-state index contributed by atoms with van der Waals surface area (Å²) in [6, 6.07) is 5.86. The molecular formula is C18H22FN3O2S. The van der Waals surface area contributed by atoms with Crippen molar-refractivity contribution in [2.24, 2.45) is 5.92 Å². The van der Waals surface area contributed by atoms with Gasteiger partial charge in [0, 0.05) is 13.1 Å². The van der Waals surface area contributed by atoms with E-state index < -0.39 is 0 Å². The van der Waals surface area contributed by atoms with Gasteiger partial charge in [-0.1, -0.05) is 0 Å². The fourth-order valence-corrected chi connectivity index (χ4v) is 3.95. The standard InChI is InChI=1S/C18H22FN3O2S/c1-12-17(18(23)22-8-7-13(10-22)9-20-2)25-16(21-12)11-24-15-5-3-14(19)4-6-15/h3-6,13,20H,7-11H2,1-2H3. The number of halogens is 1. The summed E-state index contributed by atoms with van der Waals surface area (Å²) in [7, 11) is 1.94. The first-order valence-corrected chi connectivity index (χ1v) is 9.17. The largest absolute Gasteiger partial charge is 0.486 e. The normalized spacial score (nSPS) is 17.1. The molecule has 0 aliphatic carbocycles. The Morgan fingerprint density at radius 1 is 1.44 bits per heavy atom. The third-order valence-corrected chi connectivity index (χ3v) is 5.40. The van der Waals surface area contributed by atoms with E-state index in [1.165, 1.54) is 23.5 Å². The summed E-state index contributed by atoms with van der Waals surface area (Å²) in [5.41, 5.74) is 0.741. The molecule has 0 bridgehead atoms. The second-order valence-electron chi connectivity index (χ2n) is 6.23. The highest BCUT2D eigenvalue weighted by molar-refractivity contribution is 7.13. The summed E-state index contributed by atoms with van der Waals surface area (Å²) in [4.78, 5) is 19.8. The van der Waals surface area contributed by atoms with Gasteiger partial charge in [-0.2, -0.15) is 0 Å². The molecule has 1 aromatic carbocycles. The molecule has 134 valence electrons. The van der Waals surface area contributed by atoms with Crippen molar-refractivity contribution < 1.29 is 13.9 Å². The molecule has 0 radical (unpaired) electrons. The van der Waals surface area contributed by atoms with E-state index in [0.717, 1.165) is 36.8 Å². The van der Waals surface area contributed by atoms with E-state index in [2.05, 4.69) is 10.3 Å². The third-order valence-electron chi connectivity index (χ3n) is 4.28. The van der Waals surface area contributed by atoms with E-state index in [1.807, 2.05) is 18.9 Å². The van der Waals surface area contributed by atoms with Gasteiger partial charge in [0.05, 0.1) is 5.69 Å². The van der Waals surface area contributed by atoms with Crippen LogP contribution in [0.1, 0.15) is 26.8 Å². The molecule has 25 heavy (non-hydrogen) atoms. The summed E-state index contributed by atoms with van der Waals surface area (Å²) in [6.07, 6.45) is 1.03. The molecule has 7 heteroatoms. The number of aryl methyl sites for hydroxylation is 1. The summed E-state index contributed by atoms with van der Waals surface area (Å²) in [5.74, 6) is 0.856. The molecule has 1 saturated heterocycles. The topological polar surface area (TPSA) is 54.5 Å². The van der Waals surface area contributed by atoms with Crippen LogP contribution in [0.5, 0.6) is 5.75 Å². The van der Waals surface area contributed by atoms with Crippen LogP contribution in [0.4, 0.5) is 4.39 Å². The van der Waals surface area contributed by atoms with Crippen molar-refractivity contribution in [2.45, 2.75) is 20.0 Å². The average molecular weight is 363 g/mol. The predicted octanol–water partition coefficient (Wildman–Crippen LogP) is 2.85. The number of nitrogens with zero attached hydrogens (tertiary/aromatic N) is 2. The molecule has 1 atom stereocenters. The Kier molecular flexibility index (Phi) is 5.65. The number of hydrogen-bond donors (Lipinski definition) is 1. The van der Waals surface area contributed by atoms with Gasteiger partial charge >= 0.3 is 0 Å². The summed E-state index contributed by atoms with van der Waals surface area (Å²) in [5, 5.41) is 3.92. The number of carbonyl (C=O) groups excluding carboxylic acids is 1. The van der Waals surface area contributed by atoms with Crippen LogP contribution < -0.4 is 10.1 Å². The van der Waals surface area contributed by atoms with Gasteiger partial charge in [0.1, 0.15) is 28.1 Å². The van der Waals surface area contributed by atoms with Crippen LogP contribution >= 0.6 is 11.3 Å². The second kappa shape index (κ2) is 7.93. The molecular weight excluding hydrogens is 341 g/mol. The number of carbonyl (C=O) groups is 1. The zero-order chi connectivity index (χ0) is 17.8. The van der Waals surface area contributed by atoms with Gasteiger partial charge in [-0.25, -0.2) is 9.37 Å². The first-order chi connectivity index (χ1) is 12.1. The molecule has 1 unspecified atom stereocenters. The smallest absolute Gasteiger partial charge is 0.265 e. The molecule has 3 rings (SSSR count). The number of rotatable bonds is 6. The van der Waals surface area contributed by atoms with Gasteiger partial charge in [-0.05, 0) is 57.1 Å². The number of amides is 1. The van der Waals surface area contributed by atoms with E-state index in [0.29, 0.717) is 16.5 Å². The zero-order valence-electron chi connectivity index (χ0n) is 14.4. The van der Waals surface area contributed by atoms with Gasteiger partial charge in [0.15, 0.2) is 0 Å². The van der Waals surface area contributed by atoms with Crippen molar-refractivity contribution in [3.63, 3.8) is 0 Å². The van der Waals surface area contributed by atoms with E-state index in [1.54, 1.807) is 12.1 Å². The molecule has 0 spiro atoms. The van der Waals surface area contributed by atoms with Gasteiger partial charge in [0.25, 0.3) is 5.91 Å². The van der Waals surface area contributed by atoms with Crippen LogP contribution in [0.2, 0.25) is 0 Å². The Morgan fingerprint density at radius 3 is 2.92 bits per heavy atom. The van der Waals surface area contributed by atoms with Gasteiger partial charge in [0.2, 0.25) is 0 Å². The Morgan fingerprint density at radius 2 is 2.20 bits per heavy atom. The van der Waals surface area contributed by atoms with E-state index in [4.69, 9.17) is 4.74 Å². The number of aromatic nitrogens is 1. The van der Waals surface area contributed by atoms with Crippen molar-refractivity contribution in [3.05, 3.63) is 45.7 Å². The maximum absolute atomic E-state index is 12.9. The highest BCUT2D eigenvalue weighted by atomic mass is 32.1. The molecule has 0 saturated carbocycles.